The van der Waals surface area contributed by atoms with Crippen LogP contribution in [-0.4, -0.2) is 68.9 Å². The van der Waals surface area contributed by atoms with E-state index in [4.69, 9.17) is 14.2 Å². The highest BCUT2D eigenvalue weighted by atomic mass is 16.6. The summed E-state index contributed by atoms with van der Waals surface area (Å²) < 4.78 is 16.3. The molecule has 146 valence electrons. The van der Waals surface area contributed by atoms with Crippen LogP contribution in [0.25, 0.3) is 0 Å². The van der Waals surface area contributed by atoms with Crippen molar-refractivity contribution < 1.29 is 19.0 Å². The molecular formula is C20H32N2O4. The summed E-state index contributed by atoms with van der Waals surface area (Å²) >= 11 is 0. The number of benzene rings is 1. The third kappa shape index (κ3) is 7.12. The van der Waals surface area contributed by atoms with Gasteiger partial charge in [-0.2, -0.15) is 0 Å². The van der Waals surface area contributed by atoms with Gasteiger partial charge in [0.05, 0.1) is 20.3 Å². The third-order valence-electron chi connectivity index (χ3n) is 4.33. The number of amides is 1. The first-order valence-corrected chi connectivity index (χ1v) is 9.49. The molecular weight excluding hydrogens is 332 g/mol. The second-order valence-corrected chi connectivity index (χ2v) is 7.03. The van der Waals surface area contributed by atoms with Crippen LogP contribution in [-0.2, 0) is 4.74 Å². The molecule has 0 radical (unpaired) electrons. The molecule has 6 nitrogen and oxygen atoms in total. The number of ether oxygens (including phenoxy) is 3. The Balaban J connectivity index is 1.63. The summed E-state index contributed by atoms with van der Waals surface area (Å²) in [7, 11) is 1.65. The number of nitrogens with zero attached hydrogens (tertiary/aromatic N) is 2. The van der Waals surface area contributed by atoms with Gasteiger partial charge in [0.1, 0.15) is 11.5 Å². The molecule has 1 aromatic rings. The Bertz CT molecular complexity index is 533. The number of carbonyl (C=O) groups excluding carboxylic acids is 1. The molecule has 1 amide bonds. The first kappa shape index (κ1) is 20.4. The van der Waals surface area contributed by atoms with Gasteiger partial charge in [-0.3, -0.25) is 0 Å². The average Bonchev–Trinajstić information content (AvgIpc) is 2.89. The molecule has 6 heteroatoms. The normalized spacial score (nSPS) is 15.6. The Morgan fingerprint density at radius 1 is 1.08 bits per heavy atom. The topological polar surface area (TPSA) is 51.2 Å². The molecule has 0 spiro atoms. The van der Waals surface area contributed by atoms with E-state index in [0.29, 0.717) is 19.1 Å². The Morgan fingerprint density at radius 2 is 1.81 bits per heavy atom. The molecule has 1 saturated heterocycles. The molecule has 1 fully saturated rings. The maximum absolute atomic E-state index is 12.1. The van der Waals surface area contributed by atoms with Crippen molar-refractivity contribution in [2.45, 2.75) is 26.7 Å². The lowest BCUT2D eigenvalue weighted by molar-refractivity contribution is 0.0930. The van der Waals surface area contributed by atoms with Crippen molar-refractivity contribution in [3.63, 3.8) is 0 Å². The van der Waals surface area contributed by atoms with Crippen molar-refractivity contribution >= 4 is 6.09 Å². The summed E-state index contributed by atoms with van der Waals surface area (Å²) in [4.78, 5) is 16.3. The van der Waals surface area contributed by atoms with Crippen LogP contribution >= 0.6 is 0 Å². The van der Waals surface area contributed by atoms with E-state index in [0.717, 1.165) is 57.1 Å². The van der Waals surface area contributed by atoms with Gasteiger partial charge in [0.2, 0.25) is 0 Å². The van der Waals surface area contributed by atoms with Crippen LogP contribution in [0, 0.1) is 5.92 Å². The molecule has 0 N–H and O–H groups in total. The summed E-state index contributed by atoms with van der Waals surface area (Å²) in [6.45, 7) is 9.65. The molecule has 1 aromatic carbocycles. The largest absolute Gasteiger partial charge is 0.497 e. The van der Waals surface area contributed by atoms with E-state index >= 15 is 0 Å². The molecule has 0 unspecified atom stereocenters. The van der Waals surface area contributed by atoms with E-state index in [2.05, 4.69) is 4.90 Å². The molecule has 0 aliphatic carbocycles. The average molecular weight is 364 g/mol. The Kier molecular flexibility index (Phi) is 8.54. The van der Waals surface area contributed by atoms with Gasteiger partial charge in [0, 0.05) is 26.2 Å². The summed E-state index contributed by atoms with van der Waals surface area (Å²) in [6.07, 6.45) is 1.77. The second-order valence-electron chi connectivity index (χ2n) is 7.03. The van der Waals surface area contributed by atoms with E-state index in [1.807, 2.05) is 43.0 Å². The van der Waals surface area contributed by atoms with Crippen LogP contribution in [0.2, 0.25) is 0 Å². The summed E-state index contributed by atoms with van der Waals surface area (Å²) in [5, 5.41) is 0. The predicted octanol–water partition coefficient (Wildman–Crippen LogP) is 3.26. The van der Waals surface area contributed by atoms with Gasteiger partial charge in [-0.15, -0.1) is 0 Å². The molecule has 2 rings (SSSR count). The van der Waals surface area contributed by atoms with Crippen molar-refractivity contribution in [1.29, 1.82) is 0 Å². The fourth-order valence-corrected chi connectivity index (χ4v) is 2.86. The minimum atomic E-state index is -0.177. The molecule has 0 atom stereocenters. The first-order chi connectivity index (χ1) is 12.6. The van der Waals surface area contributed by atoms with Crippen LogP contribution in [0.3, 0.4) is 0 Å². The van der Waals surface area contributed by atoms with E-state index in [1.54, 1.807) is 7.11 Å². The lowest BCUT2D eigenvalue weighted by Crippen LogP contribution is -2.36. The fraction of sp³-hybridized carbons (Fsp3) is 0.650. The second kappa shape index (κ2) is 10.9. The molecule has 0 aromatic heterocycles. The van der Waals surface area contributed by atoms with Crippen LogP contribution in [0.5, 0.6) is 11.5 Å². The van der Waals surface area contributed by atoms with Gasteiger partial charge in [0.25, 0.3) is 0 Å². The lowest BCUT2D eigenvalue weighted by atomic mass is 10.2. The van der Waals surface area contributed by atoms with Crippen LogP contribution in [0.15, 0.2) is 24.3 Å². The monoisotopic (exact) mass is 364 g/mol. The Hall–Kier alpha value is -1.95. The quantitative estimate of drug-likeness (QED) is 0.663. The van der Waals surface area contributed by atoms with Gasteiger partial charge < -0.3 is 24.0 Å². The van der Waals surface area contributed by atoms with Gasteiger partial charge in [-0.1, -0.05) is 13.8 Å². The number of rotatable bonds is 8. The summed E-state index contributed by atoms with van der Waals surface area (Å²) in [5.74, 6) is 2.06. The van der Waals surface area contributed by atoms with E-state index in [9.17, 15) is 4.79 Å². The maximum Gasteiger partial charge on any atom is 0.409 e. The van der Waals surface area contributed by atoms with Crippen molar-refractivity contribution in [3.05, 3.63) is 24.3 Å². The third-order valence-corrected chi connectivity index (χ3v) is 4.33. The van der Waals surface area contributed by atoms with Gasteiger partial charge in [0.15, 0.2) is 0 Å². The van der Waals surface area contributed by atoms with Crippen LogP contribution in [0.4, 0.5) is 4.79 Å². The first-order valence-electron chi connectivity index (χ1n) is 9.49. The van der Waals surface area contributed by atoms with Gasteiger partial charge in [-0.25, -0.2) is 4.79 Å². The Morgan fingerprint density at radius 3 is 2.50 bits per heavy atom. The summed E-state index contributed by atoms with van der Waals surface area (Å²) in [6, 6.07) is 7.64. The van der Waals surface area contributed by atoms with E-state index in [1.165, 1.54) is 0 Å². The van der Waals surface area contributed by atoms with Crippen molar-refractivity contribution in [2.24, 2.45) is 5.92 Å². The molecule has 26 heavy (non-hydrogen) atoms. The summed E-state index contributed by atoms with van der Waals surface area (Å²) in [5.41, 5.74) is 0. The number of hydrogen-bond acceptors (Lipinski definition) is 5. The molecule has 1 aliphatic rings. The van der Waals surface area contributed by atoms with Gasteiger partial charge in [-0.05, 0) is 49.6 Å². The lowest BCUT2D eigenvalue weighted by Gasteiger charge is -2.22. The van der Waals surface area contributed by atoms with E-state index < -0.39 is 0 Å². The Labute approximate surface area is 157 Å². The maximum atomic E-state index is 12.1. The van der Waals surface area contributed by atoms with E-state index in [-0.39, 0.29) is 6.09 Å². The van der Waals surface area contributed by atoms with Crippen LogP contribution < -0.4 is 9.47 Å². The van der Waals surface area contributed by atoms with Gasteiger partial charge >= 0.3 is 6.09 Å². The van der Waals surface area contributed by atoms with Crippen LogP contribution in [0.1, 0.15) is 26.7 Å². The molecule has 1 aliphatic heterocycles. The smallest absolute Gasteiger partial charge is 0.409 e. The highest BCUT2D eigenvalue weighted by Gasteiger charge is 2.20. The zero-order chi connectivity index (χ0) is 18.8. The SMILES string of the molecule is COc1ccc(OCCCN2CCCN(C(=O)OCC(C)C)CC2)cc1. The number of carbonyl (C=O) groups is 1. The zero-order valence-electron chi connectivity index (χ0n) is 16.3. The molecule has 1 heterocycles. The highest BCUT2D eigenvalue weighted by Crippen LogP contribution is 2.17. The van der Waals surface area contributed by atoms with Crippen molar-refractivity contribution in [2.75, 3.05) is 53.0 Å². The minimum absolute atomic E-state index is 0.177. The zero-order valence-corrected chi connectivity index (χ0v) is 16.3. The standard InChI is InChI=1S/C20H32N2O4/c1-17(2)16-26-20(23)22-12-4-10-21(13-14-22)11-5-15-25-19-8-6-18(24-3)7-9-19/h6-9,17H,4-5,10-16H2,1-3H3. The number of hydrogen-bond donors (Lipinski definition) is 0. The highest BCUT2D eigenvalue weighted by molar-refractivity contribution is 5.67. The van der Waals surface area contributed by atoms with Crippen molar-refractivity contribution in [3.8, 4) is 11.5 Å². The predicted molar refractivity (Wildman–Crippen MR) is 102 cm³/mol. The molecule has 0 bridgehead atoms. The minimum Gasteiger partial charge on any atom is -0.497 e. The molecule has 0 saturated carbocycles. The number of methoxy groups -OCH3 is 1. The fourth-order valence-electron chi connectivity index (χ4n) is 2.86. The van der Waals surface area contributed by atoms with Crippen molar-refractivity contribution in [1.82, 2.24) is 9.80 Å².